The highest BCUT2D eigenvalue weighted by molar-refractivity contribution is 6.31. The third-order valence-corrected chi connectivity index (χ3v) is 4.32. The molecule has 28 heavy (non-hydrogen) atoms. The Bertz CT molecular complexity index is 1020. The number of rotatable bonds is 5. The molecule has 0 saturated carbocycles. The topological polar surface area (TPSA) is 83.1 Å². The van der Waals surface area contributed by atoms with Gasteiger partial charge in [-0.25, -0.2) is 0 Å². The van der Waals surface area contributed by atoms with Gasteiger partial charge in [-0.3, -0.25) is 14.6 Å². The normalized spacial score (nSPS) is 10.2. The van der Waals surface area contributed by atoms with Crippen LogP contribution in [0.15, 0.2) is 60.8 Å². The molecule has 0 aliphatic heterocycles. The lowest BCUT2D eigenvalue weighted by molar-refractivity contribution is -0.114. The van der Waals surface area contributed by atoms with Crippen LogP contribution in [-0.2, 0) is 4.79 Å². The molecule has 1 aromatic heterocycles. The molecule has 0 aliphatic carbocycles. The van der Waals surface area contributed by atoms with E-state index in [1.807, 2.05) is 25.1 Å². The fourth-order valence-electron chi connectivity index (χ4n) is 2.51. The maximum Gasteiger partial charge on any atom is 0.274 e. The van der Waals surface area contributed by atoms with Gasteiger partial charge in [0, 0.05) is 40.9 Å². The van der Waals surface area contributed by atoms with Gasteiger partial charge in [0.2, 0.25) is 5.91 Å². The van der Waals surface area contributed by atoms with Gasteiger partial charge in [-0.05, 0) is 61.0 Å². The van der Waals surface area contributed by atoms with E-state index in [0.717, 1.165) is 16.9 Å². The number of carbonyl (C=O) groups excluding carboxylic acids is 2. The lowest BCUT2D eigenvalue weighted by Gasteiger charge is -2.10. The molecule has 0 bridgehead atoms. The van der Waals surface area contributed by atoms with Crippen LogP contribution in [0, 0.1) is 6.92 Å². The van der Waals surface area contributed by atoms with Crippen molar-refractivity contribution in [2.75, 3.05) is 16.0 Å². The van der Waals surface area contributed by atoms with Gasteiger partial charge in [0.15, 0.2) is 0 Å². The van der Waals surface area contributed by atoms with Crippen molar-refractivity contribution in [1.29, 1.82) is 0 Å². The highest BCUT2D eigenvalue weighted by Gasteiger charge is 2.10. The molecule has 7 heteroatoms. The third kappa shape index (κ3) is 5.08. The summed E-state index contributed by atoms with van der Waals surface area (Å²) in [5, 5.41) is 9.29. The van der Waals surface area contributed by atoms with Crippen molar-refractivity contribution in [3.05, 3.63) is 77.1 Å². The fourth-order valence-corrected chi connectivity index (χ4v) is 2.69. The van der Waals surface area contributed by atoms with E-state index >= 15 is 0 Å². The van der Waals surface area contributed by atoms with Crippen molar-refractivity contribution in [1.82, 2.24) is 4.98 Å². The molecule has 3 aromatic rings. The van der Waals surface area contributed by atoms with Gasteiger partial charge in [-0.15, -0.1) is 0 Å². The van der Waals surface area contributed by atoms with E-state index < -0.39 is 0 Å². The highest BCUT2D eigenvalue weighted by atomic mass is 35.5. The number of hydrogen-bond acceptors (Lipinski definition) is 4. The summed E-state index contributed by atoms with van der Waals surface area (Å²) in [4.78, 5) is 27.7. The molecule has 0 atom stereocenters. The molecule has 2 aromatic carbocycles. The average molecular weight is 395 g/mol. The van der Waals surface area contributed by atoms with Crippen molar-refractivity contribution < 1.29 is 9.59 Å². The van der Waals surface area contributed by atoms with E-state index in [4.69, 9.17) is 11.6 Å². The second kappa shape index (κ2) is 8.54. The van der Waals surface area contributed by atoms with E-state index in [1.54, 1.807) is 42.6 Å². The monoisotopic (exact) mass is 394 g/mol. The Labute approximate surface area is 168 Å². The Morgan fingerprint density at radius 1 is 0.857 bits per heavy atom. The Balaban J connectivity index is 1.70. The van der Waals surface area contributed by atoms with Crippen molar-refractivity contribution in [3.63, 3.8) is 0 Å². The number of nitrogens with one attached hydrogen (secondary N) is 3. The number of aryl methyl sites for hydroxylation is 1. The first-order valence-corrected chi connectivity index (χ1v) is 8.97. The number of benzene rings is 2. The Hall–Kier alpha value is -3.38. The number of aromatic nitrogens is 1. The average Bonchev–Trinajstić information content (AvgIpc) is 2.66. The molecular formula is C21H19ClN4O2. The number of amides is 2. The summed E-state index contributed by atoms with van der Waals surface area (Å²) < 4.78 is 0. The van der Waals surface area contributed by atoms with Gasteiger partial charge >= 0.3 is 0 Å². The first-order valence-electron chi connectivity index (χ1n) is 8.59. The van der Waals surface area contributed by atoms with Gasteiger partial charge in [0.1, 0.15) is 5.69 Å². The predicted molar refractivity (Wildman–Crippen MR) is 112 cm³/mol. The standard InChI is InChI=1S/C21H19ClN4O2/c1-13-3-4-17(11-19(13)22)26-21(28)20-12-18(9-10-23-20)25-16-7-5-15(6-8-16)24-14(2)27/h3-12H,1-2H3,(H,23,25)(H,24,27)(H,26,28). The number of carbonyl (C=O) groups is 2. The van der Waals surface area contributed by atoms with Gasteiger partial charge in [0.05, 0.1) is 0 Å². The van der Waals surface area contributed by atoms with Gasteiger partial charge in [-0.2, -0.15) is 0 Å². The predicted octanol–water partition coefficient (Wildman–Crippen LogP) is 5.00. The summed E-state index contributed by atoms with van der Waals surface area (Å²) in [7, 11) is 0. The van der Waals surface area contributed by atoms with Crippen molar-refractivity contribution in [3.8, 4) is 0 Å². The number of anilines is 4. The Morgan fingerprint density at radius 2 is 1.54 bits per heavy atom. The van der Waals surface area contributed by atoms with E-state index in [0.29, 0.717) is 16.4 Å². The molecule has 2 amide bonds. The minimum absolute atomic E-state index is 0.125. The summed E-state index contributed by atoms with van der Waals surface area (Å²) in [5.74, 6) is -0.454. The molecule has 3 rings (SSSR count). The smallest absolute Gasteiger partial charge is 0.274 e. The molecule has 0 fully saturated rings. The van der Waals surface area contributed by atoms with Crippen LogP contribution in [0.5, 0.6) is 0 Å². The van der Waals surface area contributed by atoms with Crippen LogP contribution >= 0.6 is 11.6 Å². The van der Waals surface area contributed by atoms with E-state index in [9.17, 15) is 9.59 Å². The number of hydrogen-bond donors (Lipinski definition) is 3. The number of nitrogens with zero attached hydrogens (tertiary/aromatic N) is 1. The molecule has 0 spiro atoms. The van der Waals surface area contributed by atoms with Crippen LogP contribution < -0.4 is 16.0 Å². The van der Waals surface area contributed by atoms with Crippen LogP contribution in [0.2, 0.25) is 5.02 Å². The first kappa shape index (κ1) is 19.4. The lowest BCUT2D eigenvalue weighted by atomic mass is 10.2. The lowest BCUT2D eigenvalue weighted by Crippen LogP contribution is -2.13. The Morgan fingerprint density at radius 3 is 2.21 bits per heavy atom. The molecule has 6 nitrogen and oxygen atoms in total. The molecule has 0 aliphatic rings. The van der Waals surface area contributed by atoms with Gasteiger partial charge in [0.25, 0.3) is 5.91 Å². The zero-order chi connectivity index (χ0) is 20.1. The third-order valence-electron chi connectivity index (χ3n) is 3.92. The first-order chi connectivity index (χ1) is 13.4. The molecular weight excluding hydrogens is 376 g/mol. The summed E-state index contributed by atoms with van der Waals surface area (Å²) in [6.45, 7) is 3.35. The maximum atomic E-state index is 12.5. The molecule has 0 unspecified atom stereocenters. The van der Waals surface area contributed by atoms with Crippen LogP contribution in [0.1, 0.15) is 23.0 Å². The largest absolute Gasteiger partial charge is 0.355 e. The van der Waals surface area contributed by atoms with Crippen LogP contribution in [0.3, 0.4) is 0 Å². The summed E-state index contributed by atoms with van der Waals surface area (Å²) in [6, 6.07) is 16.0. The second-order valence-electron chi connectivity index (χ2n) is 6.23. The maximum absolute atomic E-state index is 12.5. The Kier molecular flexibility index (Phi) is 5.91. The van der Waals surface area contributed by atoms with Gasteiger partial charge in [-0.1, -0.05) is 17.7 Å². The quantitative estimate of drug-likeness (QED) is 0.568. The van der Waals surface area contributed by atoms with Crippen molar-refractivity contribution in [2.45, 2.75) is 13.8 Å². The molecule has 1 heterocycles. The zero-order valence-electron chi connectivity index (χ0n) is 15.4. The summed E-state index contributed by atoms with van der Waals surface area (Å²) in [5.41, 5.74) is 4.07. The summed E-state index contributed by atoms with van der Waals surface area (Å²) in [6.07, 6.45) is 1.56. The van der Waals surface area contributed by atoms with Crippen LogP contribution in [0.25, 0.3) is 0 Å². The van der Waals surface area contributed by atoms with Crippen molar-refractivity contribution in [2.24, 2.45) is 0 Å². The summed E-state index contributed by atoms with van der Waals surface area (Å²) >= 11 is 6.10. The SMILES string of the molecule is CC(=O)Nc1ccc(Nc2ccnc(C(=O)Nc3ccc(C)c(Cl)c3)c2)cc1. The zero-order valence-corrected chi connectivity index (χ0v) is 16.2. The van der Waals surface area contributed by atoms with Gasteiger partial charge < -0.3 is 16.0 Å². The molecule has 0 saturated heterocycles. The van der Waals surface area contributed by atoms with Crippen molar-refractivity contribution >= 4 is 46.2 Å². The minimum Gasteiger partial charge on any atom is -0.355 e. The van der Waals surface area contributed by atoms with E-state index in [-0.39, 0.29) is 17.5 Å². The minimum atomic E-state index is -0.329. The highest BCUT2D eigenvalue weighted by Crippen LogP contribution is 2.22. The van der Waals surface area contributed by atoms with E-state index in [1.165, 1.54) is 6.92 Å². The number of pyridine rings is 1. The molecule has 0 radical (unpaired) electrons. The fraction of sp³-hybridized carbons (Fsp3) is 0.0952. The molecule has 3 N–H and O–H groups in total. The van der Waals surface area contributed by atoms with E-state index in [2.05, 4.69) is 20.9 Å². The van der Waals surface area contributed by atoms with Crippen LogP contribution in [0.4, 0.5) is 22.7 Å². The second-order valence-corrected chi connectivity index (χ2v) is 6.64. The molecule has 142 valence electrons. The van der Waals surface area contributed by atoms with Crippen LogP contribution in [-0.4, -0.2) is 16.8 Å². The number of halogens is 1.